The first-order valence-corrected chi connectivity index (χ1v) is 16.1. The summed E-state index contributed by atoms with van der Waals surface area (Å²) in [6.45, 7) is 0. The lowest BCUT2D eigenvalue weighted by Gasteiger charge is -2.20. The van der Waals surface area contributed by atoms with E-state index in [4.69, 9.17) is 4.98 Å². The predicted molar refractivity (Wildman–Crippen MR) is 199 cm³/mol. The molecule has 0 aliphatic carbocycles. The van der Waals surface area contributed by atoms with E-state index in [2.05, 4.69) is 174 Å². The number of rotatable bonds is 3. The molecule has 0 saturated heterocycles. The third kappa shape index (κ3) is 3.89. The second-order valence-electron chi connectivity index (χ2n) is 12.3. The molecule has 10 rings (SSSR count). The van der Waals surface area contributed by atoms with Gasteiger partial charge in [0.05, 0.1) is 11.0 Å². The normalized spacial score (nSPS) is 11.8. The van der Waals surface area contributed by atoms with Gasteiger partial charge < -0.3 is 0 Å². The van der Waals surface area contributed by atoms with Crippen molar-refractivity contribution in [1.82, 2.24) is 9.55 Å². The lowest BCUT2D eigenvalue weighted by molar-refractivity contribution is 1.11. The van der Waals surface area contributed by atoms with E-state index < -0.39 is 0 Å². The Hall–Kier alpha value is -6.25. The van der Waals surface area contributed by atoms with Crippen molar-refractivity contribution in [2.75, 3.05) is 0 Å². The molecule has 0 spiro atoms. The summed E-state index contributed by atoms with van der Waals surface area (Å²) in [5.74, 6) is 0.950. The highest BCUT2D eigenvalue weighted by atomic mass is 15.1. The number of fused-ring (bicyclic) bond motifs is 7. The van der Waals surface area contributed by atoms with Crippen LogP contribution in [0.4, 0.5) is 0 Å². The zero-order chi connectivity index (χ0) is 30.9. The minimum atomic E-state index is 0.950. The monoisotopic (exact) mass is 596 g/mol. The van der Waals surface area contributed by atoms with Crippen LogP contribution in [-0.4, -0.2) is 9.55 Å². The summed E-state index contributed by atoms with van der Waals surface area (Å²) < 4.78 is 2.32. The van der Waals surface area contributed by atoms with Crippen LogP contribution < -0.4 is 0 Å². The van der Waals surface area contributed by atoms with Gasteiger partial charge in [-0.3, -0.25) is 4.57 Å². The SMILES string of the molecule is c1ccc(-n2c(-c3c4ccccc4c(-c4cc5ccccc5c5cc6ccccc6cc45)c4ccccc34)nc3ccccc32)cc1. The van der Waals surface area contributed by atoms with E-state index >= 15 is 0 Å². The van der Waals surface area contributed by atoms with E-state index in [9.17, 15) is 0 Å². The summed E-state index contributed by atoms with van der Waals surface area (Å²) >= 11 is 0. The molecular weight excluding hydrogens is 569 g/mol. The molecule has 1 aromatic heterocycles. The number of nitrogens with zero attached hydrogens (tertiary/aromatic N) is 2. The quantitative estimate of drug-likeness (QED) is 0.147. The van der Waals surface area contributed by atoms with Crippen LogP contribution in [0.15, 0.2) is 170 Å². The first-order valence-electron chi connectivity index (χ1n) is 16.1. The molecule has 0 amide bonds. The van der Waals surface area contributed by atoms with E-state index in [0.717, 1.165) is 28.1 Å². The van der Waals surface area contributed by atoms with Crippen molar-refractivity contribution in [3.63, 3.8) is 0 Å². The van der Waals surface area contributed by atoms with E-state index in [1.165, 1.54) is 65.0 Å². The second-order valence-corrected chi connectivity index (χ2v) is 12.3. The first-order chi connectivity index (χ1) is 23.3. The van der Waals surface area contributed by atoms with Crippen LogP contribution in [0.3, 0.4) is 0 Å². The Bertz CT molecular complexity index is 2790. The van der Waals surface area contributed by atoms with Gasteiger partial charge in [-0.05, 0) is 107 Å². The number of hydrogen-bond acceptors (Lipinski definition) is 1. The van der Waals surface area contributed by atoms with Crippen LogP contribution in [0.2, 0.25) is 0 Å². The second kappa shape index (κ2) is 10.1. The van der Waals surface area contributed by atoms with Crippen LogP contribution in [-0.2, 0) is 0 Å². The third-order valence-electron chi connectivity index (χ3n) is 9.73. The molecule has 0 aliphatic heterocycles. The maximum atomic E-state index is 5.35. The summed E-state index contributed by atoms with van der Waals surface area (Å²) in [4.78, 5) is 5.35. The van der Waals surface area contributed by atoms with Gasteiger partial charge >= 0.3 is 0 Å². The molecule has 0 saturated carbocycles. The lowest BCUT2D eigenvalue weighted by Crippen LogP contribution is -1.99. The maximum Gasteiger partial charge on any atom is 0.146 e. The summed E-state index contributed by atoms with van der Waals surface area (Å²) in [7, 11) is 0. The van der Waals surface area contributed by atoms with Crippen molar-refractivity contribution in [3.8, 4) is 28.2 Å². The van der Waals surface area contributed by atoms with Crippen molar-refractivity contribution < 1.29 is 0 Å². The summed E-state index contributed by atoms with van der Waals surface area (Å²) in [6, 6.07) is 61.5. The molecule has 0 unspecified atom stereocenters. The number of imidazole rings is 1. The van der Waals surface area contributed by atoms with E-state index in [1.807, 2.05) is 0 Å². The zero-order valence-corrected chi connectivity index (χ0v) is 25.6. The molecule has 2 nitrogen and oxygen atoms in total. The summed E-state index contributed by atoms with van der Waals surface area (Å²) in [5.41, 5.74) is 6.83. The third-order valence-corrected chi connectivity index (χ3v) is 9.73. The Morgan fingerprint density at radius 2 is 0.872 bits per heavy atom. The Morgan fingerprint density at radius 1 is 0.362 bits per heavy atom. The van der Waals surface area contributed by atoms with Gasteiger partial charge in [-0.15, -0.1) is 0 Å². The lowest BCUT2D eigenvalue weighted by atomic mass is 9.84. The summed E-state index contributed by atoms with van der Waals surface area (Å²) in [5, 5.41) is 12.4. The van der Waals surface area contributed by atoms with Gasteiger partial charge in [-0.25, -0.2) is 4.98 Å². The smallest absolute Gasteiger partial charge is 0.146 e. The van der Waals surface area contributed by atoms with E-state index in [1.54, 1.807) is 0 Å². The van der Waals surface area contributed by atoms with Gasteiger partial charge in [0.2, 0.25) is 0 Å². The zero-order valence-electron chi connectivity index (χ0n) is 25.6. The molecule has 0 fully saturated rings. The van der Waals surface area contributed by atoms with Gasteiger partial charge in [0.15, 0.2) is 0 Å². The highest BCUT2D eigenvalue weighted by Crippen LogP contribution is 2.47. The highest BCUT2D eigenvalue weighted by Gasteiger charge is 2.23. The standard InChI is InChI=1S/C45H28N2/c1-2-17-32(18-3-1)47-42-25-13-12-24-41(42)46-45(47)44-36-22-10-8-20-34(36)43(35-21-9-11-23-37(35)44)40-28-31-16-6-7-19-33(31)38-26-29-14-4-5-15-30(29)27-39(38)40/h1-28H. The highest BCUT2D eigenvalue weighted by molar-refractivity contribution is 6.26. The molecule has 2 heteroatoms. The van der Waals surface area contributed by atoms with Gasteiger partial charge in [-0.1, -0.05) is 127 Å². The van der Waals surface area contributed by atoms with E-state index in [-0.39, 0.29) is 0 Å². The Labute approximate surface area is 271 Å². The molecule has 10 aromatic rings. The molecular formula is C45H28N2. The number of para-hydroxylation sites is 3. The van der Waals surface area contributed by atoms with Gasteiger partial charge in [0.1, 0.15) is 5.82 Å². The van der Waals surface area contributed by atoms with Crippen molar-refractivity contribution in [3.05, 3.63) is 170 Å². The van der Waals surface area contributed by atoms with Gasteiger partial charge in [0, 0.05) is 11.3 Å². The van der Waals surface area contributed by atoms with Crippen LogP contribution in [0.25, 0.3) is 93.1 Å². The number of benzene rings is 9. The molecule has 218 valence electrons. The molecule has 47 heavy (non-hydrogen) atoms. The number of aromatic nitrogens is 2. The van der Waals surface area contributed by atoms with Crippen molar-refractivity contribution in [1.29, 1.82) is 0 Å². The average Bonchev–Trinajstić information content (AvgIpc) is 3.52. The molecule has 1 heterocycles. The molecule has 0 atom stereocenters. The van der Waals surface area contributed by atoms with Crippen LogP contribution in [0.1, 0.15) is 0 Å². The molecule has 9 aromatic carbocycles. The molecule has 0 bridgehead atoms. The minimum absolute atomic E-state index is 0.950. The topological polar surface area (TPSA) is 17.8 Å². The van der Waals surface area contributed by atoms with Crippen LogP contribution in [0, 0.1) is 0 Å². The molecule has 0 radical (unpaired) electrons. The fourth-order valence-electron chi connectivity index (χ4n) is 7.69. The average molecular weight is 597 g/mol. The van der Waals surface area contributed by atoms with Crippen molar-refractivity contribution in [2.24, 2.45) is 0 Å². The van der Waals surface area contributed by atoms with E-state index in [0.29, 0.717) is 0 Å². The molecule has 0 aliphatic rings. The first kappa shape index (κ1) is 26.0. The van der Waals surface area contributed by atoms with Crippen molar-refractivity contribution >= 4 is 64.9 Å². The van der Waals surface area contributed by atoms with Crippen molar-refractivity contribution in [2.45, 2.75) is 0 Å². The van der Waals surface area contributed by atoms with Crippen LogP contribution >= 0.6 is 0 Å². The van der Waals surface area contributed by atoms with Gasteiger partial charge in [-0.2, -0.15) is 0 Å². The van der Waals surface area contributed by atoms with Crippen LogP contribution in [0.5, 0.6) is 0 Å². The minimum Gasteiger partial charge on any atom is -0.292 e. The Morgan fingerprint density at radius 3 is 1.55 bits per heavy atom. The maximum absolute atomic E-state index is 5.35. The predicted octanol–water partition coefficient (Wildman–Crippen LogP) is 12.1. The largest absolute Gasteiger partial charge is 0.292 e. The molecule has 0 N–H and O–H groups in total. The fourth-order valence-corrected chi connectivity index (χ4v) is 7.69. The van der Waals surface area contributed by atoms with Gasteiger partial charge in [0.25, 0.3) is 0 Å². The Balaban J connectivity index is 1.39. The summed E-state index contributed by atoms with van der Waals surface area (Å²) in [6.07, 6.45) is 0. The Kier molecular flexibility index (Phi) is 5.61. The fraction of sp³-hybridized carbons (Fsp3) is 0. The number of hydrogen-bond donors (Lipinski definition) is 0.